The van der Waals surface area contributed by atoms with Crippen LogP contribution >= 0.6 is 0 Å². The van der Waals surface area contributed by atoms with Crippen LogP contribution in [0.2, 0.25) is 0 Å². The minimum absolute atomic E-state index is 0.0897. The fraction of sp³-hybridized carbons (Fsp3) is 0.280. The molecule has 0 bridgehead atoms. The van der Waals surface area contributed by atoms with Crippen molar-refractivity contribution in [3.05, 3.63) is 98.7 Å². The summed E-state index contributed by atoms with van der Waals surface area (Å²) in [5.74, 6) is -0.590. The van der Waals surface area contributed by atoms with Crippen molar-refractivity contribution in [1.29, 1.82) is 0 Å². The van der Waals surface area contributed by atoms with Crippen LogP contribution in [-0.4, -0.2) is 45.1 Å². The van der Waals surface area contributed by atoms with Gasteiger partial charge in [-0.1, -0.05) is 23.4 Å². The first-order valence-corrected chi connectivity index (χ1v) is 11.2. The number of carbonyl (C=O) groups excluding carboxylic acids is 1. The molecule has 11 nitrogen and oxygen atoms in total. The minimum Gasteiger partial charge on any atom is -0.466 e. The van der Waals surface area contributed by atoms with Gasteiger partial charge in [0.15, 0.2) is 5.82 Å². The number of methoxy groups -OCH3 is 1. The molecular weight excluding hydrogens is 464 g/mol. The first-order valence-electron chi connectivity index (χ1n) is 11.2. The summed E-state index contributed by atoms with van der Waals surface area (Å²) in [6.07, 6.45) is 3.52. The quantitative estimate of drug-likeness (QED) is 0.283. The lowest BCUT2D eigenvalue weighted by molar-refractivity contribution is -0.384. The van der Waals surface area contributed by atoms with Crippen molar-refractivity contribution in [1.82, 2.24) is 25.3 Å². The minimum atomic E-state index is -0.708. The second-order valence-corrected chi connectivity index (χ2v) is 8.53. The molecule has 36 heavy (non-hydrogen) atoms. The molecule has 186 valence electrons. The number of dihydropyridines is 1. The highest BCUT2D eigenvalue weighted by atomic mass is 16.6. The highest BCUT2D eigenvalue weighted by Crippen LogP contribution is 2.43. The van der Waals surface area contributed by atoms with Gasteiger partial charge in [-0.2, -0.15) is 4.98 Å². The monoisotopic (exact) mass is 490 g/mol. The number of hydrogen-bond donors (Lipinski definition) is 1. The number of hydrogen-bond acceptors (Lipinski definition) is 10. The number of esters is 1. The van der Waals surface area contributed by atoms with E-state index in [1.165, 1.54) is 19.2 Å². The third kappa shape index (κ3) is 5.15. The predicted molar refractivity (Wildman–Crippen MR) is 130 cm³/mol. The molecule has 2 aromatic heterocycles. The molecule has 0 saturated carbocycles. The Balaban J connectivity index is 1.70. The molecule has 1 unspecified atom stereocenters. The van der Waals surface area contributed by atoms with Crippen LogP contribution in [0, 0.1) is 10.1 Å². The lowest BCUT2D eigenvalue weighted by Gasteiger charge is -2.29. The number of nitrogens with zero attached hydrogens (tertiary/aromatic N) is 5. The van der Waals surface area contributed by atoms with E-state index in [0.717, 1.165) is 5.56 Å². The number of nitro groups is 1. The van der Waals surface area contributed by atoms with Crippen molar-refractivity contribution in [2.24, 2.45) is 0 Å². The van der Waals surface area contributed by atoms with Crippen molar-refractivity contribution in [2.45, 2.75) is 32.9 Å². The zero-order chi connectivity index (χ0) is 25.8. The fourth-order valence-electron chi connectivity index (χ4n) is 4.34. The van der Waals surface area contributed by atoms with Crippen molar-refractivity contribution in [3.63, 3.8) is 0 Å². The Kier molecular flexibility index (Phi) is 7.20. The zero-order valence-corrected chi connectivity index (χ0v) is 20.4. The van der Waals surface area contributed by atoms with E-state index in [0.29, 0.717) is 47.0 Å². The third-order valence-corrected chi connectivity index (χ3v) is 5.87. The Labute approximate surface area is 207 Å². The number of allylic oxidation sites excluding steroid dienone is 3. The lowest BCUT2D eigenvalue weighted by atomic mass is 9.80. The standard InChI is InChI=1S/C25H26N6O5/c1-15-21(24-28-20(29-36-24)14-30(3)13-17-7-6-10-26-12-17)23(22(16(2)27-15)25(32)35-4)18-8-5-9-19(11-18)31(33)34/h5-12,23,27H,13-14H2,1-4H3. The molecular formula is C25H26N6O5. The maximum absolute atomic E-state index is 12.8. The van der Waals surface area contributed by atoms with Gasteiger partial charge in [0.1, 0.15) is 0 Å². The summed E-state index contributed by atoms with van der Waals surface area (Å²) in [6.45, 7) is 4.64. The van der Waals surface area contributed by atoms with Gasteiger partial charge in [-0.25, -0.2) is 4.79 Å². The van der Waals surface area contributed by atoms with E-state index >= 15 is 0 Å². The van der Waals surface area contributed by atoms with Gasteiger partial charge in [-0.3, -0.25) is 20.0 Å². The molecule has 0 fully saturated rings. The summed E-state index contributed by atoms with van der Waals surface area (Å²) < 4.78 is 10.7. The van der Waals surface area contributed by atoms with Crippen molar-refractivity contribution in [2.75, 3.05) is 14.2 Å². The molecule has 1 N–H and O–H groups in total. The summed E-state index contributed by atoms with van der Waals surface area (Å²) in [6, 6.07) is 10.0. The molecule has 0 amide bonds. The molecule has 1 atom stereocenters. The van der Waals surface area contributed by atoms with Crippen LogP contribution in [0.25, 0.3) is 5.57 Å². The molecule has 4 rings (SSSR count). The molecule has 0 aliphatic carbocycles. The number of nitrogens with one attached hydrogen (secondary N) is 1. The van der Waals surface area contributed by atoms with E-state index in [1.54, 1.807) is 31.5 Å². The van der Waals surface area contributed by atoms with Gasteiger partial charge in [0.2, 0.25) is 0 Å². The second kappa shape index (κ2) is 10.5. The summed E-state index contributed by atoms with van der Waals surface area (Å²) in [7, 11) is 3.23. The van der Waals surface area contributed by atoms with Crippen molar-refractivity contribution < 1.29 is 19.0 Å². The molecule has 11 heteroatoms. The highest BCUT2D eigenvalue weighted by Gasteiger charge is 2.37. The molecule has 1 aliphatic heterocycles. The largest absolute Gasteiger partial charge is 0.466 e. The van der Waals surface area contributed by atoms with Gasteiger partial charge in [0, 0.05) is 48.0 Å². The molecule has 1 aliphatic rings. The van der Waals surface area contributed by atoms with Crippen LogP contribution < -0.4 is 5.32 Å². The smallest absolute Gasteiger partial charge is 0.336 e. The van der Waals surface area contributed by atoms with Crippen LogP contribution in [0.4, 0.5) is 5.69 Å². The van der Waals surface area contributed by atoms with Gasteiger partial charge in [-0.15, -0.1) is 0 Å². The molecule has 3 heterocycles. The number of ether oxygens (including phenoxy) is 1. The maximum Gasteiger partial charge on any atom is 0.336 e. The van der Waals surface area contributed by atoms with E-state index in [9.17, 15) is 14.9 Å². The first kappa shape index (κ1) is 24.7. The fourth-order valence-corrected chi connectivity index (χ4v) is 4.34. The SMILES string of the molecule is COC(=O)C1=C(C)NC(C)=C(c2nc(CN(C)Cc3cccnc3)no2)C1c1cccc([N+](=O)[O-])c1. The van der Waals surface area contributed by atoms with E-state index in [2.05, 4.69) is 20.4 Å². The van der Waals surface area contributed by atoms with E-state index < -0.39 is 16.8 Å². The Morgan fingerprint density at radius 3 is 2.72 bits per heavy atom. The van der Waals surface area contributed by atoms with Crippen LogP contribution in [0.1, 0.15) is 42.6 Å². The van der Waals surface area contributed by atoms with Crippen LogP contribution in [-0.2, 0) is 22.6 Å². The molecule has 0 spiro atoms. The normalized spacial score (nSPS) is 15.8. The maximum atomic E-state index is 12.8. The predicted octanol–water partition coefficient (Wildman–Crippen LogP) is 3.57. The van der Waals surface area contributed by atoms with Crippen molar-refractivity contribution >= 4 is 17.2 Å². The van der Waals surface area contributed by atoms with E-state index in [-0.39, 0.29) is 11.6 Å². The van der Waals surface area contributed by atoms with Crippen LogP contribution in [0.3, 0.4) is 0 Å². The van der Waals surface area contributed by atoms with Gasteiger partial charge >= 0.3 is 5.97 Å². The third-order valence-electron chi connectivity index (χ3n) is 5.87. The van der Waals surface area contributed by atoms with Gasteiger partial charge in [-0.05, 0) is 38.1 Å². The molecule has 0 saturated heterocycles. The van der Waals surface area contributed by atoms with Crippen LogP contribution in [0.15, 0.2) is 70.3 Å². The number of pyridine rings is 1. The summed E-state index contributed by atoms with van der Waals surface area (Å²) in [5.41, 5.74) is 3.63. The van der Waals surface area contributed by atoms with E-state index in [4.69, 9.17) is 9.26 Å². The first-order chi connectivity index (χ1) is 17.3. The van der Waals surface area contributed by atoms with Gasteiger partial charge < -0.3 is 14.6 Å². The van der Waals surface area contributed by atoms with E-state index in [1.807, 2.05) is 31.0 Å². The molecule has 1 aromatic carbocycles. The number of benzene rings is 1. The van der Waals surface area contributed by atoms with Crippen molar-refractivity contribution in [3.8, 4) is 0 Å². The number of nitro benzene ring substituents is 1. The summed E-state index contributed by atoms with van der Waals surface area (Å²) in [5, 5.41) is 18.8. The Morgan fingerprint density at radius 2 is 2.03 bits per heavy atom. The number of carbonyl (C=O) groups is 1. The average Bonchev–Trinajstić information content (AvgIpc) is 3.31. The zero-order valence-electron chi connectivity index (χ0n) is 20.4. The Hall–Kier alpha value is -4.38. The average molecular weight is 491 g/mol. The lowest BCUT2D eigenvalue weighted by Crippen LogP contribution is -2.28. The second-order valence-electron chi connectivity index (χ2n) is 8.53. The van der Waals surface area contributed by atoms with Gasteiger partial charge in [0.05, 0.1) is 30.1 Å². The highest BCUT2D eigenvalue weighted by molar-refractivity contribution is 5.96. The summed E-state index contributed by atoms with van der Waals surface area (Å²) >= 11 is 0. The number of non-ortho nitro benzene ring substituents is 1. The summed E-state index contributed by atoms with van der Waals surface area (Å²) in [4.78, 5) is 34.6. The molecule has 3 aromatic rings. The number of aromatic nitrogens is 3. The topological polar surface area (TPSA) is 137 Å². The molecule has 0 radical (unpaired) electrons. The Bertz CT molecular complexity index is 1350. The van der Waals surface area contributed by atoms with Gasteiger partial charge in [0.25, 0.3) is 11.6 Å². The Morgan fingerprint density at radius 1 is 1.22 bits per heavy atom. The van der Waals surface area contributed by atoms with Crippen LogP contribution in [0.5, 0.6) is 0 Å². The number of rotatable bonds is 8.